The second-order valence-corrected chi connectivity index (χ2v) is 4.10. The molecule has 96 valence electrons. The molecule has 0 aromatic carbocycles. The second kappa shape index (κ2) is 4.52. The lowest BCUT2D eigenvalue weighted by Gasteiger charge is -2.32. The van der Waals surface area contributed by atoms with Crippen molar-refractivity contribution in [3.8, 4) is 0 Å². The van der Waals surface area contributed by atoms with Gasteiger partial charge in [-0.05, 0) is 12.1 Å². The summed E-state index contributed by atoms with van der Waals surface area (Å²) in [6.45, 7) is -0.300. The number of carbonyl (C=O) groups excluding carboxylic acids is 2. The molecule has 0 spiro atoms. The van der Waals surface area contributed by atoms with Crippen LogP contribution in [0.1, 0.15) is 10.5 Å². The molecule has 2 heterocycles. The zero-order valence-electron chi connectivity index (χ0n) is 9.79. The van der Waals surface area contributed by atoms with Gasteiger partial charge in [0, 0.05) is 19.8 Å². The minimum Gasteiger partial charge on any atom is -0.480 e. The fourth-order valence-electron chi connectivity index (χ4n) is 1.91. The van der Waals surface area contributed by atoms with Gasteiger partial charge in [-0.3, -0.25) is 9.59 Å². The highest BCUT2D eigenvalue weighted by Crippen LogP contribution is 2.11. The Morgan fingerprint density at radius 3 is 2.78 bits per heavy atom. The Bertz CT molecular complexity index is 508. The highest BCUT2D eigenvalue weighted by Gasteiger charge is 2.36. The van der Waals surface area contributed by atoms with Crippen LogP contribution in [0.5, 0.6) is 0 Å². The van der Waals surface area contributed by atoms with Gasteiger partial charge in [-0.25, -0.2) is 4.79 Å². The van der Waals surface area contributed by atoms with Crippen molar-refractivity contribution in [1.82, 2.24) is 14.8 Å². The number of rotatable bonds is 2. The summed E-state index contributed by atoms with van der Waals surface area (Å²) in [4.78, 5) is 35.7. The number of carboxylic acid groups (broad SMARTS) is 1. The SMILES string of the molecule is Cn1cccc1C(=O)N1CC(=O)NCC1C(=O)O. The molecule has 0 saturated carbocycles. The highest BCUT2D eigenvalue weighted by molar-refractivity contribution is 5.98. The van der Waals surface area contributed by atoms with Gasteiger partial charge in [-0.1, -0.05) is 0 Å². The molecule has 1 aliphatic rings. The van der Waals surface area contributed by atoms with E-state index in [1.54, 1.807) is 29.9 Å². The molecule has 2 N–H and O–H groups in total. The Morgan fingerprint density at radius 1 is 1.50 bits per heavy atom. The number of nitrogens with zero attached hydrogens (tertiary/aromatic N) is 2. The van der Waals surface area contributed by atoms with Crippen LogP contribution in [0.2, 0.25) is 0 Å². The van der Waals surface area contributed by atoms with Crippen molar-refractivity contribution in [2.75, 3.05) is 13.1 Å². The van der Waals surface area contributed by atoms with Crippen LogP contribution in [0.15, 0.2) is 18.3 Å². The zero-order valence-corrected chi connectivity index (χ0v) is 9.79. The highest BCUT2D eigenvalue weighted by atomic mass is 16.4. The summed E-state index contributed by atoms with van der Waals surface area (Å²) in [5.41, 5.74) is 0.357. The number of aliphatic carboxylic acids is 1. The number of carboxylic acids is 1. The molecule has 0 aliphatic carbocycles. The number of piperazine rings is 1. The number of nitrogens with one attached hydrogen (secondary N) is 1. The molecule has 1 fully saturated rings. The fraction of sp³-hybridized carbons (Fsp3) is 0.364. The van der Waals surface area contributed by atoms with E-state index in [0.717, 1.165) is 4.90 Å². The van der Waals surface area contributed by atoms with Gasteiger partial charge in [0.15, 0.2) is 0 Å². The Balaban J connectivity index is 2.28. The molecule has 1 unspecified atom stereocenters. The van der Waals surface area contributed by atoms with Crippen molar-refractivity contribution < 1.29 is 19.5 Å². The van der Waals surface area contributed by atoms with Crippen LogP contribution >= 0.6 is 0 Å². The van der Waals surface area contributed by atoms with Crippen LogP contribution in [0, 0.1) is 0 Å². The van der Waals surface area contributed by atoms with Gasteiger partial charge >= 0.3 is 5.97 Å². The maximum atomic E-state index is 12.2. The number of aromatic nitrogens is 1. The van der Waals surface area contributed by atoms with Crippen molar-refractivity contribution in [2.45, 2.75) is 6.04 Å². The number of hydrogen-bond donors (Lipinski definition) is 2. The van der Waals surface area contributed by atoms with Crippen LogP contribution in [0.4, 0.5) is 0 Å². The van der Waals surface area contributed by atoms with E-state index in [1.165, 1.54) is 0 Å². The van der Waals surface area contributed by atoms with Crippen molar-refractivity contribution in [1.29, 1.82) is 0 Å². The van der Waals surface area contributed by atoms with E-state index < -0.39 is 17.9 Å². The van der Waals surface area contributed by atoms with Gasteiger partial charge in [0.25, 0.3) is 5.91 Å². The normalized spacial score (nSPS) is 19.5. The molecule has 1 aromatic heterocycles. The van der Waals surface area contributed by atoms with E-state index in [4.69, 9.17) is 5.11 Å². The van der Waals surface area contributed by atoms with E-state index in [9.17, 15) is 14.4 Å². The summed E-state index contributed by atoms with van der Waals surface area (Å²) < 4.78 is 1.59. The third kappa shape index (κ3) is 2.06. The first kappa shape index (κ1) is 12.2. The second-order valence-electron chi connectivity index (χ2n) is 4.10. The van der Waals surface area contributed by atoms with Gasteiger partial charge in [-0.15, -0.1) is 0 Å². The fourth-order valence-corrected chi connectivity index (χ4v) is 1.91. The molecule has 18 heavy (non-hydrogen) atoms. The van der Waals surface area contributed by atoms with E-state index in [-0.39, 0.29) is 19.0 Å². The molecule has 0 bridgehead atoms. The summed E-state index contributed by atoms with van der Waals surface area (Å²) >= 11 is 0. The molecular weight excluding hydrogens is 238 g/mol. The Hall–Kier alpha value is -2.31. The lowest BCUT2D eigenvalue weighted by molar-refractivity contribution is -0.144. The first-order valence-corrected chi connectivity index (χ1v) is 5.42. The molecule has 1 atom stereocenters. The zero-order chi connectivity index (χ0) is 13.3. The summed E-state index contributed by atoms with van der Waals surface area (Å²) in [6, 6.07) is 2.26. The van der Waals surface area contributed by atoms with Gasteiger partial charge in [-0.2, -0.15) is 0 Å². The molecule has 1 aromatic rings. The van der Waals surface area contributed by atoms with E-state index in [1.807, 2.05) is 0 Å². The van der Waals surface area contributed by atoms with Crippen molar-refractivity contribution in [2.24, 2.45) is 7.05 Å². The minimum absolute atomic E-state index is 0.0651. The quantitative estimate of drug-likeness (QED) is 0.709. The van der Waals surface area contributed by atoms with Crippen LogP contribution in [0.3, 0.4) is 0 Å². The van der Waals surface area contributed by atoms with E-state index >= 15 is 0 Å². The van der Waals surface area contributed by atoms with E-state index in [0.29, 0.717) is 5.69 Å². The van der Waals surface area contributed by atoms with Crippen LogP contribution in [0.25, 0.3) is 0 Å². The number of amides is 2. The lowest BCUT2D eigenvalue weighted by atomic mass is 10.1. The predicted molar refractivity (Wildman–Crippen MR) is 60.9 cm³/mol. The Labute approximate surface area is 103 Å². The molecule has 7 nitrogen and oxygen atoms in total. The molecule has 2 rings (SSSR count). The molecule has 7 heteroatoms. The molecular formula is C11H13N3O4. The standard InChI is InChI=1S/C11H13N3O4/c1-13-4-2-3-7(13)10(16)14-6-9(15)12-5-8(14)11(17)18/h2-4,8H,5-6H2,1H3,(H,12,15)(H,17,18). The van der Waals surface area contributed by atoms with Gasteiger partial charge < -0.3 is 19.9 Å². The lowest BCUT2D eigenvalue weighted by Crippen LogP contribution is -2.59. The third-order valence-electron chi connectivity index (χ3n) is 2.89. The van der Waals surface area contributed by atoms with Crippen molar-refractivity contribution >= 4 is 17.8 Å². The van der Waals surface area contributed by atoms with Crippen molar-refractivity contribution in [3.05, 3.63) is 24.0 Å². The van der Waals surface area contributed by atoms with Gasteiger partial charge in [0.2, 0.25) is 5.91 Å². The summed E-state index contributed by atoms with van der Waals surface area (Å²) in [7, 11) is 1.69. The average Bonchev–Trinajstić information content (AvgIpc) is 2.74. The number of carbonyl (C=O) groups is 3. The van der Waals surface area contributed by atoms with Crippen molar-refractivity contribution in [3.63, 3.8) is 0 Å². The largest absolute Gasteiger partial charge is 0.480 e. The predicted octanol–water partition coefficient (Wildman–Crippen LogP) is -0.950. The average molecular weight is 251 g/mol. The van der Waals surface area contributed by atoms with Crippen LogP contribution in [-0.4, -0.2) is 51.5 Å². The Morgan fingerprint density at radius 2 is 2.22 bits per heavy atom. The van der Waals surface area contributed by atoms with Crippen LogP contribution in [-0.2, 0) is 16.6 Å². The molecule has 0 radical (unpaired) electrons. The minimum atomic E-state index is -1.13. The van der Waals surface area contributed by atoms with Gasteiger partial charge in [0.05, 0.1) is 0 Å². The van der Waals surface area contributed by atoms with Crippen LogP contribution < -0.4 is 5.32 Å². The monoisotopic (exact) mass is 251 g/mol. The Kier molecular flexibility index (Phi) is 3.05. The topological polar surface area (TPSA) is 91.6 Å². The molecule has 1 aliphatic heterocycles. The first-order valence-electron chi connectivity index (χ1n) is 5.42. The van der Waals surface area contributed by atoms with Gasteiger partial charge in [0.1, 0.15) is 18.3 Å². The third-order valence-corrected chi connectivity index (χ3v) is 2.89. The smallest absolute Gasteiger partial charge is 0.328 e. The maximum Gasteiger partial charge on any atom is 0.328 e. The van der Waals surface area contributed by atoms with E-state index in [2.05, 4.69) is 5.32 Å². The number of hydrogen-bond acceptors (Lipinski definition) is 3. The summed E-state index contributed by atoms with van der Waals surface area (Å²) in [5, 5.41) is 11.5. The summed E-state index contributed by atoms with van der Waals surface area (Å²) in [6.07, 6.45) is 1.69. The summed E-state index contributed by atoms with van der Waals surface area (Å²) in [5.74, 6) is -1.93. The number of aryl methyl sites for hydroxylation is 1. The first-order chi connectivity index (χ1) is 8.50. The maximum absolute atomic E-state index is 12.2. The molecule has 2 amide bonds. The molecule has 1 saturated heterocycles.